The molecule has 0 aliphatic carbocycles. The average Bonchev–Trinajstić information content (AvgIpc) is 2.84. The maximum Gasteiger partial charge on any atom is 0.119 e. The van der Waals surface area contributed by atoms with Gasteiger partial charge >= 0.3 is 0 Å². The summed E-state index contributed by atoms with van der Waals surface area (Å²) >= 11 is 0. The molecule has 3 nitrogen and oxygen atoms in total. The van der Waals surface area contributed by atoms with Gasteiger partial charge in [0.25, 0.3) is 0 Å². The Morgan fingerprint density at radius 3 is 1.57 bits per heavy atom. The van der Waals surface area contributed by atoms with Gasteiger partial charge in [0.05, 0.1) is 13.2 Å². The number of hydrogen-bond donors (Lipinski definition) is 2. The lowest BCUT2D eigenvalue weighted by Gasteiger charge is -2.20. The van der Waals surface area contributed by atoms with Gasteiger partial charge in [-0.2, -0.15) is 0 Å². The second kappa shape index (κ2) is 12.6. The fourth-order valence-electron chi connectivity index (χ4n) is 3.77. The molecular weight excluding hydrogens is 432 g/mol. The Kier molecular flexibility index (Phi) is 9.86. The van der Waals surface area contributed by atoms with Crippen molar-refractivity contribution in [2.75, 3.05) is 0 Å². The minimum Gasteiger partial charge on any atom is -0.508 e. The van der Waals surface area contributed by atoms with Crippen molar-refractivity contribution in [3.63, 3.8) is 0 Å². The number of ether oxygens (including phenoxy) is 1. The molecule has 3 heteroatoms. The average molecular weight is 469 g/mol. The van der Waals surface area contributed by atoms with E-state index in [1.165, 1.54) is 12.1 Å². The van der Waals surface area contributed by atoms with Crippen LogP contribution in [0.5, 0.6) is 11.5 Å². The first-order valence-electron chi connectivity index (χ1n) is 11.5. The van der Waals surface area contributed by atoms with E-state index in [-0.39, 0.29) is 16.9 Å². The van der Waals surface area contributed by atoms with Crippen molar-refractivity contribution in [1.29, 1.82) is 0 Å². The fraction of sp³-hybridized carbons (Fsp3) is 0.188. The summed E-state index contributed by atoms with van der Waals surface area (Å²) in [5.74, 6) is 0.429. The van der Waals surface area contributed by atoms with Crippen LogP contribution in [-0.2, 0) is 23.4 Å². The number of hydrogen-bond acceptors (Lipinski definition) is 3. The molecule has 35 heavy (non-hydrogen) atoms. The predicted molar refractivity (Wildman–Crippen MR) is 150 cm³/mol. The third kappa shape index (κ3) is 7.33. The highest BCUT2D eigenvalue weighted by atomic mass is 16.5. The fourth-order valence-corrected chi connectivity index (χ4v) is 3.77. The van der Waals surface area contributed by atoms with E-state index in [2.05, 4.69) is 38.4 Å². The third-order valence-corrected chi connectivity index (χ3v) is 5.61. The van der Waals surface area contributed by atoms with Crippen molar-refractivity contribution in [1.82, 2.24) is 0 Å². The van der Waals surface area contributed by atoms with Crippen molar-refractivity contribution in [2.24, 2.45) is 0 Å². The van der Waals surface area contributed by atoms with Crippen LogP contribution < -0.4 is 0 Å². The van der Waals surface area contributed by atoms with Crippen LogP contribution in [0, 0.1) is 0 Å². The van der Waals surface area contributed by atoms with Crippen LogP contribution in [0.1, 0.15) is 59.7 Å². The van der Waals surface area contributed by atoms with E-state index in [0.29, 0.717) is 13.2 Å². The summed E-state index contributed by atoms with van der Waals surface area (Å²) in [6, 6.07) is 16.8. The van der Waals surface area contributed by atoms with Crippen molar-refractivity contribution in [2.45, 2.75) is 39.4 Å². The molecule has 0 aliphatic rings. The summed E-state index contributed by atoms with van der Waals surface area (Å²) < 4.78 is 5.93. The molecule has 3 aromatic carbocycles. The number of benzene rings is 3. The lowest BCUT2D eigenvalue weighted by atomic mass is 9.86. The quantitative estimate of drug-likeness (QED) is 0.326. The zero-order valence-corrected chi connectivity index (χ0v) is 21.1. The van der Waals surface area contributed by atoms with E-state index in [4.69, 9.17) is 4.74 Å². The molecule has 0 radical (unpaired) electrons. The van der Waals surface area contributed by atoms with Crippen molar-refractivity contribution >= 4 is 24.3 Å². The van der Waals surface area contributed by atoms with Crippen LogP contribution >= 0.6 is 0 Å². The van der Waals surface area contributed by atoms with E-state index in [0.717, 1.165) is 38.9 Å². The van der Waals surface area contributed by atoms with Gasteiger partial charge in [0.2, 0.25) is 0 Å². The number of phenolic OH excluding ortho intramolecular Hbond substituents is 2. The smallest absolute Gasteiger partial charge is 0.119 e. The molecule has 0 saturated heterocycles. The van der Waals surface area contributed by atoms with Gasteiger partial charge in [-0.05, 0) is 57.0 Å². The van der Waals surface area contributed by atoms with Crippen molar-refractivity contribution in [3.8, 4) is 11.5 Å². The molecule has 3 rings (SSSR count). The van der Waals surface area contributed by atoms with Gasteiger partial charge in [0.1, 0.15) is 11.5 Å². The standard InChI is InChI=1S/C22H22O.C10H14O2/c1-5-17-11-9-13-19(21(17)7-3)15-23-16-20-14-10-12-18(6-2)22(20)8-4;1-10(2,3)8-6-7(11)4-5-9(8)12/h5-14H,1-4,15-16H2;4-6,11-12H,1-3H3. The summed E-state index contributed by atoms with van der Waals surface area (Å²) in [5, 5.41) is 18.6. The summed E-state index contributed by atoms with van der Waals surface area (Å²) in [4.78, 5) is 0. The zero-order chi connectivity index (χ0) is 26.0. The first-order chi connectivity index (χ1) is 16.7. The van der Waals surface area contributed by atoms with E-state index in [1.54, 1.807) is 6.07 Å². The summed E-state index contributed by atoms with van der Waals surface area (Å²) in [7, 11) is 0. The molecule has 0 bridgehead atoms. The molecule has 0 heterocycles. The summed E-state index contributed by atoms with van der Waals surface area (Å²) in [6.07, 6.45) is 7.38. The van der Waals surface area contributed by atoms with Gasteiger partial charge in [-0.3, -0.25) is 0 Å². The third-order valence-electron chi connectivity index (χ3n) is 5.61. The Balaban J connectivity index is 0.000000303. The molecule has 0 aromatic heterocycles. The molecule has 0 spiro atoms. The highest BCUT2D eigenvalue weighted by Gasteiger charge is 2.18. The van der Waals surface area contributed by atoms with E-state index in [1.807, 2.05) is 69.3 Å². The Morgan fingerprint density at radius 2 is 1.20 bits per heavy atom. The topological polar surface area (TPSA) is 49.7 Å². The molecule has 0 unspecified atom stereocenters. The first kappa shape index (κ1) is 27.4. The number of phenols is 2. The van der Waals surface area contributed by atoms with Crippen LogP contribution in [0.2, 0.25) is 0 Å². The van der Waals surface area contributed by atoms with Gasteiger partial charge in [-0.15, -0.1) is 0 Å². The highest BCUT2D eigenvalue weighted by Crippen LogP contribution is 2.32. The Hall–Kier alpha value is -3.82. The van der Waals surface area contributed by atoms with Crippen LogP contribution in [0.3, 0.4) is 0 Å². The highest BCUT2D eigenvalue weighted by molar-refractivity contribution is 5.67. The van der Waals surface area contributed by atoms with Gasteiger partial charge in [0.15, 0.2) is 0 Å². The minimum atomic E-state index is -0.136. The lowest BCUT2D eigenvalue weighted by molar-refractivity contribution is 0.107. The van der Waals surface area contributed by atoms with Gasteiger partial charge in [-0.1, -0.05) is 108 Å². The van der Waals surface area contributed by atoms with Gasteiger partial charge in [-0.25, -0.2) is 0 Å². The van der Waals surface area contributed by atoms with Gasteiger partial charge in [0, 0.05) is 5.56 Å². The molecule has 0 saturated carbocycles. The minimum absolute atomic E-state index is 0.136. The molecule has 0 fully saturated rings. The molecule has 2 N–H and O–H groups in total. The second-order valence-electron chi connectivity index (χ2n) is 9.10. The molecule has 0 atom stereocenters. The monoisotopic (exact) mass is 468 g/mol. The zero-order valence-electron chi connectivity index (χ0n) is 21.1. The molecular formula is C32H36O3. The Morgan fingerprint density at radius 1 is 0.714 bits per heavy atom. The maximum atomic E-state index is 9.46. The summed E-state index contributed by atoms with van der Waals surface area (Å²) in [6.45, 7) is 22.5. The van der Waals surface area contributed by atoms with Crippen molar-refractivity contribution in [3.05, 3.63) is 120 Å². The molecule has 182 valence electrons. The number of aromatic hydroxyl groups is 2. The largest absolute Gasteiger partial charge is 0.508 e. The first-order valence-corrected chi connectivity index (χ1v) is 11.5. The van der Waals surface area contributed by atoms with Gasteiger partial charge < -0.3 is 14.9 Å². The molecule has 0 aliphatic heterocycles. The Bertz CT molecular complexity index is 1130. The van der Waals surface area contributed by atoms with Crippen LogP contribution in [0.15, 0.2) is 80.9 Å². The SMILES string of the molecule is C=Cc1cccc(COCc2cccc(C=C)c2C=C)c1C=C.CC(C)(C)c1cc(O)ccc1O. The van der Waals surface area contributed by atoms with Crippen LogP contribution in [0.4, 0.5) is 0 Å². The van der Waals surface area contributed by atoms with E-state index >= 15 is 0 Å². The molecule has 3 aromatic rings. The lowest BCUT2D eigenvalue weighted by Crippen LogP contribution is -2.10. The van der Waals surface area contributed by atoms with Crippen molar-refractivity contribution < 1.29 is 14.9 Å². The maximum absolute atomic E-state index is 9.46. The number of rotatable bonds is 8. The van der Waals surface area contributed by atoms with E-state index < -0.39 is 0 Å². The van der Waals surface area contributed by atoms with Crippen LogP contribution in [0.25, 0.3) is 24.3 Å². The predicted octanol–water partition coefficient (Wildman–Crippen LogP) is 8.37. The second-order valence-corrected chi connectivity index (χ2v) is 9.10. The molecule has 0 amide bonds. The summed E-state index contributed by atoms with van der Waals surface area (Å²) in [5.41, 5.74) is 7.14. The Labute approximate surface area is 210 Å². The normalized spacial score (nSPS) is 10.6. The van der Waals surface area contributed by atoms with Crippen LogP contribution in [-0.4, -0.2) is 10.2 Å². The van der Waals surface area contributed by atoms with E-state index in [9.17, 15) is 10.2 Å².